The topological polar surface area (TPSA) is 29.1 Å². The Morgan fingerprint density at radius 2 is 1.55 bits per heavy atom. The number of nitrogens with one attached hydrogen (secondary N) is 1. The van der Waals surface area contributed by atoms with Crippen LogP contribution in [0.1, 0.15) is 56.6 Å². The van der Waals surface area contributed by atoms with E-state index in [1.807, 2.05) is 49.4 Å². The van der Waals surface area contributed by atoms with E-state index in [0.717, 1.165) is 24.1 Å². The Balaban J connectivity index is 2.07. The summed E-state index contributed by atoms with van der Waals surface area (Å²) in [6.07, 6.45) is 1.92. The van der Waals surface area contributed by atoms with Gasteiger partial charge in [0.2, 0.25) is 5.91 Å². The summed E-state index contributed by atoms with van der Waals surface area (Å²) in [6.45, 7) is 6.45. The molecule has 0 bridgehead atoms. The fourth-order valence-electron chi connectivity index (χ4n) is 2.62. The van der Waals surface area contributed by atoms with Gasteiger partial charge in [-0.1, -0.05) is 63.2 Å². The Labute approximate surface area is 133 Å². The second kappa shape index (κ2) is 7.79. The lowest BCUT2D eigenvalue weighted by molar-refractivity contribution is -0.117. The number of carbonyl (C=O) groups is 1. The monoisotopic (exact) mass is 295 g/mol. The van der Waals surface area contributed by atoms with Crippen molar-refractivity contribution in [3.63, 3.8) is 0 Å². The number of hydrogen-bond donors (Lipinski definition) is 1. The zero-order chi connectivity index (χ0) is 15.9. The molecule has 2 aromatic rings. The molecule has 0 saturated carbocycles. The van der Waals surface area contributed by atoms with E-state index in [1.165, 1.54) is 5.56 Å². The van der Waals surface area contributed by atoms with Crippen LogP contribution in [0, 0.1) is 0 Å². The zero-order valence-electron chi connectivity index (χ0n) is 13.7. The summed E-state index contributed by atoms with van der Waals surface area (Å²) >= 11 is 0. The predicted octanol–water partition coefficient (Wildman–Crippen LogP) is 5.33. The van der Waals surface area contributed by atoms with E-state index >= 15 is 0 Å². The van der Waals surface area contributed by atoms with Crippen molar-refractivity contribution in [2.24, 2.45) is 0 Å². The summed E-state index contributed by atoms with van der Waals surface area (Å²) in [7, 11) is 0. The third kappa shape index (κ3) is 3.97. The molecule has 2 heteroatoms. The minimum atomic E-state index is -0.101. The minimum Gasteiger partial charge on any atom is -0.326 e. The first-order chi connectivity index (χ1) is 10.7. The molecule has 0 aliphatic heterocycles. The first-order valence-corrected chi connectivity index (χ1v) is 8.11. The van der Waals surface area contributed by atoms with E-state index in [4.69, 9.17) is 0 Å². The van der Waals surface area contributed by atoms with Gasteiger partial charge in [0.25, 0.3) is 0 Å². The normalized spacial score (nSPS) is 13.4. The Bertz CT molecular complexity index is 589. The summed E-state index contributed by atoms with van der Waals surface area (Å²) < 4.78 is 0. The molecule has 0 aromatic heterocycles. The van der Waals surface area contributed by atoms with Gasteiger partial charge in [-0.25, -0.2) is 0 Å². The molecule has 2 aromatic carbocycles. The maximum Gasteiger partial charge on any atom is 0.231 e. The standard InChI is InChI=1S/C20H25NO/c1-4-15(3)16-11-13-18(14-12-16)21-20(22)19(5-2)17-9-7-6-8-10-17/h6-15,19H,4-5H2,1-3H3,(H,21,22)/t15-,19+/m0/s1. The fourth-order valence-corrected chi connectivity index (χ4v) is 2.62. The Hall–Kier alpha value is -2.09. The molecule has 0 aliphatic carbocycles. The first-order valence-electron chi connectivity index (χ1n) is 8.11. The molecule has 0 saturated heterocycles. The number of amides is 1. The molecular formula is C20H25NO. The van der Waals surface area contributed by atoms with Gasteiger partial charge in [-0.05, 0) is 42.0 Å². The smallest absolute Gasteiger partial charge is 0.231 e. The lowest BCUT2D eigenvalue weighted by Crippen LogP contribution is -2.20. The third-order valence-electron chi connectivity index (χ3n) is 4.29. The molecule has 2 rings (SSSR count). The molecule has 2 nitrogen and oxygen atoms in total. The van der Waals surface area contributed by atoms with E-state index in [-0.39, 0.29) is 11.8 Å². The summed E-state index contributed by atoms with van der Waals surface area (Å²) in [5.41, 5.74) is 3.25. The van der Waals surface area contributed by atoms with Crippen molar-refractivity contribution in [1.82, 2.24) is 0 Å². The van der Waals surface area contributed by atoms with E-state index in [2.05, 4.69) is 31.3 Å². The van der Waals surface area contributed by atoms with Crippen LogP contribution in [0.15, 0.2) is 54.6 Å². The second-order valence-electron chi connectivity index (χ2n) is 5.79. The van der Waals surface area contributed by atoms with E-state index in [9.17, 15) is 4.79 Å². The van der Waals surface area contributed by atoms with Gasteiger partial charge in [0.05, 0.1) is 5.92 Å². The maximum atomic E-state index is 12.5. The highest BCUT2D eigenvalue weighted by molar-refractivity contribution is 5.95. The highest BCUT2D eigenvalue weighted by atomic mass is 16.1. The van der Waals surface area contributed by atoms with Crippen LogP contribution in [0.4, 0.5) is 5.69 Å². The van der Waals surface area contributed by atoms with Gasteiger partial charge in [-0.15, -0.1) is 0 Å². The number of carbonyl (C=O) groups excluding carboxylic acids is 1. The average Bonchev–Trinajstić information content (AvgIpc) is 2.56. The molecule has 1 N–H and O–H groups in total. The van der Waals surface area contributed by atoms with Gasteiger partial charge in [0.1, 0.15) is 0 Å². The molecular weight excluding hydrogens is 270 g/mol. The zero-order valence-corrected chi connectivity index (χ0v) is 13.7. The van der Waals surface area contributed by atoms with Gasteiger partial charge in [-0.2, -0.15) is 0 Å². The maximum absolute atomic E-state index is 12.5. The van der Waals surface area contributed by atoms with Gasteiger partial charge < -0.3 is 5.32 Å². The van der Waals surface area contributed by atoms with Crippen molar-refractivity contribution in [1.29, 1.82) is 0 Å². The number of anilines is 1. The van der Waals surface area contributed by atoms with Crippen LogP contribution in [0.25, 0.3) is 0 Å². The Morgan fingerprint density at radius 3 is 2.09 bits per heavy atom. The lowest BCUT2D eigenvalue weighted by atomic mass is 9.95. The summed E-state index contributed by atoms with van der Waals surface area (Å²) in [4.78, 5) is 12.5. The van der Waals surface area contributed by atoms with Crippen LogP contribution in [0.5, 0.6) is 0 Å². The number of rotatable bonds is 6. The van der Waals surface area contributed by atoms with E-state index < -0.39 is 0 Å². The van der Waals surface area contributed by atoms with Crippen LogP contribution in [-0.4, -0.2) is 5.91 Å². The van der Waals surface area contributed by atoms with Gasteiger partial charge in [0, 0.05) is 5.69 Å². The quantitative estimate of drug-likeness (QED) is 0.766. The van der Waals surface area contributed by atoms with Crippen LogP contribution in [0.2, 0.25) is 0 Å². The van der Waals surface area contributed by atoms with Crippen molar-refractivity contribution in [2.45, 2.75) is 45.4 Å². The third-order valence-corrected chi connectivity index (χ3v) is 4.29. The van der Waals surface area contributed by atoms with Gasteiger partial charge in [0.15, 0.2) is 0 Å². The second-order valence-corrected chi connectivity index (χ2v) is 5.79. The molecule has 22 heavy (non-hydrogen) atoms. The first kappa shape index (κ1) is 16.3. The Kier molecular flexibility index (Phi) is 5.76. The summed E-state index contributed by atoms with van der Waals surface area (Å²) in [6, 6.07) is 18.2. The fraction of sp³-hybridized carbons (Fsp3) is 0.350. The molecule has 0 radical (unpaired) electrons. The van der Waals surface area contributed by atoms with E-state index in [1.54, 1.807) is 0 Å². The van der Waals surface area contributed by atoms with Crippen LogP contribution < -0.4 is 5.32 Å². The van der Waals surface area contributed by atoms with Crippen molar-refractivity contribution < 1.29 is 4.79 Å². The van der Waals surface area contributed by atoms with Crippen LogP contribution in [0.3, 0.4) is 0 Å². The molecule has 2 atom stereocenters. The highest BCUT2D eigenvalue weighted by Gasteiger charge is 2.18. The molecule has 1 amide bonds. The van der Waals surface area contributed by atoms with Crippen molar-refractivity contribution in [2.75, 3.05) is 5.32 Å². The summed E-state index contributed by atoms with van der Waals surface area (Å²) in [5, 5.41) is 3.04. The molecule has 0 unspecified atom stereocenters. The Morgan fingerprint density at radius 1 is 0.909 bits per heavy atom. The number of benzene rings is 2. The van der Waals surface area contributed by atoms with Crippen molar-refractivity contribution in [3.05, 3.63) is 65.7 Å². The minimum absolute atomic E-state index is 0.0602. The molecule has 0 heterocycles. The average molecular weight is 295 g/mol. The van der Waals surface area contributed by atoms with Crippen LogP contribution in [-0.2, 0) is 4.79 Å². The largest absolute Gasteiger partial charge is 0.326 e. The van der Waals surface area contributed by atoms with Gasteiger partial charge >= 0.3 is 0 Å². The van der Waals surface area contributed by atoms with Crippen LogP contribution >= 0.6 is 0 Å². The molecule has 0 aliphatic rings. The van der Waals surface area contributed by atoms with Gasteiger partial charge in [-0.3, -0.25) is 4.79 Å². The van der Waals surface area contributed by atoms with E-state index in [0.29, 0.717) is 5.92 Å². The highest BCUT2D eigenvalue weighted by Crippen LogP contribution is 2.23. The molecule has 0 spiro atoms. The lowest BCUT2D eigenvalue weighted by Gasteiger charge is -2.16. The molecule has 116 valence electrons. The predicted molar refractivity (Wildman–Crippen MR) is 93.3 cm³/mol. The SMILES string of the molecule is CC[C@H](C)c1ccc(NC(=O)[C@H](CC)c2ccccc2)cc1. The van der Waals surface area contributed by atoms with Crippen molar-refractivity contribution in [3.8, 4) is 0 Å². The molecule has 0 fully saturated rings. The van der Waals surface area contributed by atoms with Crippen molar-refractivity contribution >= 4 is 11.6 Å². The summed E-state index contributed by atoms with van der Waals surface area (Å²) in [5.74, 6) is 0.512. The number of hydrogen-bond acceptors (Lipinski definition) is 1.